The van der Waals surface area contributed by atoms with E-state index in [0.717, 1.165) is 31.2 Å². The van der Waals surface area contributed by atoms with Crippen molar-refractivity contribution in [2.24, 2.45) is 0 Å². The Morgan fingerprint density at radius 2 is 0.766 bits per heavy atom. The lowest BCUT2D eigenvalue weighted by Gasteiger charge is -2.13. The zero-order valence-corrected chi connectivity index (χ0v) is 31.3. The molecule has 47 heavy (non-hydrogen) atoms. The fraction of sp³-hybridized carbons (Fsp3) is 0.805. The molecule has 0 unspecified atom stereocenters. The molecule has 1 aromatic rings. The van der Waals surface area contributed by atoms with Crippen molar-refractivity contribution in [3.63, 3.8) is 0 Å². The van der Waals surface area contributed by atoms with Crippen LogP contribution in [0.2, 0.25) is 0 Å². The van der Waals surface area contributed by atoms with E-state index in [9.17, 15) is 9.59 Å². The first kappa shape index (κ1) is 42.8. The zero-order chi connectivity index (χ0) is 34.0. The molecular formula is C41H76N4O2. The first-order chi connectivity index (χ1) is 23.1. The third-order valence-corrected chi connectivity index (χ3v) is 9.38. The van der Waals surface area contributed by atoms with E-state index in [1.165, 1.54) is 154 Å². The van der Waals surface area contributed by atoms with E-state index < -0.39 is 0 Å². The molecule has 0 aliphatic carbocycles. The van der Waals surface area contributed by atoms with E-state index in [4.69, 9.17) is 0 Å². The Morgan fingerprint density at radius 3 is 1.13 bits per heavy atom. The smallest absolute Gasteiger partial charge is 0.319 e. The van der Waals surface area contributed by atoms with Gasteiger partial charge < -0.3 is 21.3 Å². The van der Waals surface area contributed by atoms with Crippen LogP contribution in [0.1, 0.15) is 199 Å². The molecule has 0 saturated heterocycles. The minimum Gasteiger partial charge on any atom is -0.338 e. The highest BCUT2D eigenvalue weighted by atomic mass is 16.2. The monoisotopic (exact) mass is 657 g/mol. The van der Waals surface area contributed by atoms with Gasteiger partial charge in [0.2, 0.25) is 0 Å². The second-order valence-electron chi connectivity index (χ2n) is 14.0. The number of anilines is 2. The summed E-state index contributed by atoms with van der Waals surface area (Å²) in [4.78, 5) is 24.9. The molecule has 0 atom stereocenters. The van der Waals surface area contributed by atoms with Crippen molar-refractivity contribution < 1.29 is 9.59 Å². The molecule has 0 bridgehead atoms. The zero-order valence-electron chi connectivity index (χ0n) is 31.3. The van der Waals surface area contributed by atoms with Crippen LogP contribution in [0.5, 0.6) is 0 Å². The topological polar surface area (TPSA) is 82.3 Å². The van der Waals surface area contributed by atoms with Crippen LogP contribution in [0.15, 0.2) is 18.2 Å². The molecule has 4 amide bonds. The fourth-order valence-electron chi connectivity index (χ4n) is 6.22. The number of aryl methyl sites for hydroxylation is 1. The lowest BCUT2D eigenvalue weighted by atomic mass is 10.0. The number of urea groups is 2. The highest BCUT2D eigenvalue weighted by Crippen LogP contribution is 2.20. The third-order valence-electron chi connectivity index (χ3n) is 9.38. The lowest BCUT2D eigenvalue weighted by molar-refractivity contribution is 0.251. The van der Waals surface area contributed by atoms with Crippen molar-refractivity contribution >= 4 is 23.4 Å². The van der Waals surface area contributed by atoms with Gasteiger partial charge in [0.05, 0.1) is 0 Å². The van der Waals surface area contributed by atoms with Gasteiger partial charge in [-0.05, 0) is 37.5 Å². The lowest BCUT2D eigenvalue weighted by Crippen LogP contribution is -2.30. The average molecular weight is 657 g/mol. The van der Waals surface area contributed by atoms with Crippen molar-refractivity contribution in [1.29, 1.82) is 0 Å². The predicted molar refractivity (Wildman–Crippen MR) is 206 cm³/mol. The highest BCUT2D eigenvalue weighted by Gasteiger charge is 2.08. The molecule has 1 rings (SSSR count). The van der Waals surface area contributed by atoms with Crippen molar-refractivity contribution in [3.05, 3.63) is 23.8 Å². The molecule has 1 aromatic carbocycles. The van der Waals surface area contributed by atoms with Crippen LogP contribution >= 0.6 is 0 Å². The van der Waals surface area contributed by atoms with Crippen LogP contribution in [0.25, 0.3) is 0 Å². The average Bonchev–Trinajstić information content (AvgIpc) is 3.06. The van der Waals surface area contributed by atoms with E-state index in [2.05, 4.69) is 35.1 Å². The maximum Gasteiger partial charge on any atom is 0.319 e. The summed E-state index contributed by atoms with van der Waals surface area (Å²) in [6.45, 7) is 7.88. The highest BCUT2D eigenvalue weighted by molar-refractivity contribution is 5.93. The van der Waals surface area contributed by atoms with Crippen LogP contribution in [0.3, 0.4) is 0 Å². The fourth-order valence-corrected chi connectivity index (χ4v) is 6.22. The normalized spacial score (nSPS) is 11.0. The Hall–Kier alpha value is -2.24. The van der Waals surface area contributed by atoms with Crippen LogP contribution < -0.4 is 21.3 Å². The number of hydrogen-bond donors (Lipinski definition) is 4. The SMILES string of the molecule is CCCCCCCCCCCCCCCCNC(=O)Nc1ccc(C)c(NC(=O)NCCCCCCCCCCCCCCCC)c1. The molecule has 6 heteroatoms. The van der Waals surface area contributed by atoms with Gasteiger partial charge in [-0.1, -0.05) is 187 Å². The van der Waals surface area contributed by atoms with Crippen molar-refractivity contribution in [2.75, 3.05) is 23.7 Å². The molecule has 0 saturated carbocycles. The van der Waals surface area contributed by atoms with Crippen molar-refractivity contribution in [1.82, 2.24) is 10.6 Å². The van der Waals surface area contributed by atoms with Crippen LogP contribution in [-0.4, -0.2) is 25.2 Å². The van der Waals surface area contributed by atoms with Crippen LogP contribution in [-0.2, 0) is 0 Å². The Bertz CT molecular complexity index is 875. The summed E-state index contributed by atoms with van der Waals surface area (Å²) in [6, 6.07) is 5.23. The van der Waals surface area contributed by atoms with Gasteiger partial charge >= 0.3 is 12.1 Å². The summed E-state index contributed by atoms with van der Waals surface area (Å²) in [5.41, 5.74) is 2.36. The number of carbonyl (C=O) groups is 2. The van der Waals surface area contributed by atoms with E-state index in [0.29, 0.717) is 24.5 Å². The maximum atomic E-state index is 12.5. The van der Waals surface area contributed by atoms with Gasteiger partial charge in [0, 0.05) is 24.5 Å². The molecular weight excluding hydrogens is 580 g/mol. The summed E-state index contributed by atoms with van der Waals surface area (Å²) in [7, 11) is 0. The van der Waals surface area contributed by atoms with E-state index in [1.807, 2.05) is 25.1 Å². The maximum absolute atomic E-state index is 12.5. The largest absolute Gasteiger partial charge is 0.338 e. The van der Waals surface area contributed by atoms with Gasteiger partial charge in [-0.25, -0.2) is 9.59 Å². The van der Waals surface area contributed by atoms with Gasteiger partial charge in [-0.15, -0.1) is 0 Å². The number of unbranched alkanes of at least 4 members (excludes halogenated alkanes) is 26. The number of rotatable bonds is 32. The molecule has 0 aromatic heterocycles. The molecule has 0 spiro atoms. The summed E-state index contributed by atoms with van der Waals surface area (Å²) in [5.74, 6) is 0. The Morgan fingerprint density at radius 1 is 0.447 bits per heavy atom. The Kier molecular flexibility index (Phi) is 29.4. The second kappa shape index (κ2) is 32.3. The van der Waals surface area contributed by atoms with Crippen LogP contribution in [0.4, 0.5) is 21.0 Å². The molecule has 0 aliphatic rings. The van der Waals surface area contributed by atoms with E-state index >= 15 is 0 Å². The first-order valence-electron chi connectivity index (χ1n) is 20.3. The Labute approximate surface area is 291 Å². The van der Waals surface area contributed by atoms with Crippen LogP contribution in [0, 0.1) is 6.92 Å². The number of benzene rings is 1. The first-order valence-corrected chi connectivity index (χ1v) is 20.3. The number of hydrogen-bond acceptors (Lipinski definition) is 2. The number of carbonyl (C=O) groups excluding carboxylic acids is 2. The molecule has 4 N–H and O–H groups in total. The molecule has 0 fully saturated rings. The molecule has 6 nitrogen and oxygen atoms in total. The second-order valence-corrected chi connectivity index (χ2v) is 14.0. The standard InChI is InChI=1S/C41H76N4O2/c1-4-6-8-10-12-14-16-18-20-22-24-26-28-30-34-42-40(46)44-38-33-32-37(3)39(36-38)45-41(47)43-35-31-29-27-25-23-21-19-17-15-13-11-9-7-5-2/h32-33,36H,4-31,34-35H2,1-3H3,(H2,42,44,46)(H2,43,45,47). The minimum absolute atomic E-state index is 0.192. The quantitative estimate of drug-likeness (QED) is 0.0582. The third kappa shape index (κ3) is 27.4. The van der Waals surface area contributed by atoms with Gasteiger partial charge in [0.1, 0.15) is 0 Å². The minimum atomic E-state index is -0.197. The summed E-state index contributed by atoms with van der Waals surface area (Å²) >= 11 is 0. The summed E-state index contributed by atoms with van der Waals surface area (Å²) in [5, 5.41) is 11.8. The van der Waals surface area contributed by atoms with Crippen molar-refractivity contribution in [3.8, 4) is 0 Å². The summed E-state index contributed by atoms with van der Waals surface area (Å²) in [6.07, 6.45) is 37.2. The molecule has 0 heterocycles. The predicted octanol–water partition coefficient (Wildman–Crippen LogP) is 13.2. The molecule has 0 radical (unpaired) electrons. The summed E-state index contributed by atoms with van der Waals surface area (Å²) < 4.78 is 0. The van der Waals surface area contributed by atoms with Gasteiger partial charge in [-0.2, -0.15) is 0 Å². The molecule has 272 valence electrons. The van der Waals surface area contributed by atoms with E-state index in [1.54, 1.807) is 0 Å². The number of nitrogens with one attached hydrogen (secondary N) is 4. The van der Waals surface area contributed by atoms with Gasteiger partial charge in [0.25, 0.3) is 0 Å². The Balaban J connectivity index is 2.03. The number of amides is 4. The van der Waals surface area contributed by atoms with E-state index in [-0.39, 0.29) is 12.1 Å². The van der Waals surface area contributed by atoms with Gasteiger partial charge in [-0.3, -0.25) is 0 Å². The molecule has 0 aliphatic heterocycles. The van der Waals surface area contributed by atoms with Gasteiger partial charge in [0.15, 0.2) is 0 Å². The van der Waals surface area contributed by atoms with Crippen molar-refractivity contribution in [2.45, 2.75) is 201 Å².